The molecule has 0 amide bonds. The quantitative estimate of drug-likeness (QED) is 0.678. The first kappa shape index (κ1) is 16.2. The molecule has 1 aromatic rings. The lowest BCUT2D eigenvalue weighted by Gasteiger charge is -2.14. The average Bonchev–Trinajstić information content (AvgIpc) is 2.54. The van der Waals surface area contributed by atoms with Gasteiger partial charge in [0.2, 0.25) is 10.0 Å². The van der Waals surface area contributed by atoms with Gasteiger partial charge < -0.3 is 5.73 Å². The number of halogens is 2. The molecule has 1 aromatic carbocycles. The smallest absolute Gasteiger partial charge is 0.243 e. The predicted octanol–water partition coefficient (Wildman–Crippen LogP) is 1.26. The van der Waals surface area contributed by atoms with E-state index in [0.717, 1.165) is 0 Å². The molecule has 0 saturated carbocycles. The minimum absolute atomic E-state index is 0.00423. The number of sulfonamides is 1. The average molecular weight is 448 g/mol. The van der Waals surface area contributed by atoms with Crippen molar-refractivity contribution in [3.05, 3.63) is 21.1 Å². The summed E-state index contributed by atoms with van der Waals surface area (Å²) in [5.74, 6) is -0.166. The maximum absolute atomic E-state index is 12.3. The number of nitrogen functional groups attached to an aromatic ring is 1. The van der Waals surface area contributed by atoms with Crippen molar-refractivity contribution >= 4 is 57.4 Å². The Morgan fingerprint density at radius 3 is 2.25 bits per heavy atom. The van der Waals surface area contributed by atoms with Crippen LogP contribution in [0.5, 0.6) is 0 Å². The Balaban J connectivity index is 2.33. The van der Waals surface area contributed by atoms with Gasteiger partial charge in [0, 0.05) is 20.7 Å². The molecular weight excluding hydrogens is 436 g/mol. The number of hydrogen-bond donors (Lipinski definition) is 2. The van der Waals surface area contributed by atoms with Crippen LogP contribution in [0.4, 0.5) is 5.69 Å². The first-order valence-corrected chi connectivity index (χ1v) is 10.5. The Morgan fingerprint density at radius 1 is 1.25 bits per heavy atom. The van der Waals surface area contributed by atoms with Crippen molar-refractivity contribution in [1.82, 2.24) is 4.72 Å². The highest BCUT2D eigenvalue weighted by Gasteiger charge is 2.32. The van der Waals surface area contributed by atoms with Gasteiger partial charge in [0.1, 0.15) is 4.90 Å². The van der Waals surface area contributed by atoms with Crippen molar-refractivity contribution in [3.63, 3.8) is 0 Å². The summed E-state index contributed by atoms with van der Waals surface area (Å²) in [6.07, 6.45) is 0.284. The highest BCUT2D eigenvalue weighted by Crippen LogP contribution is 2.32. The van der Waals surface area contributed by atoms with E-state index in [4.69, 9.17) is 5.73 Å². The Morgan fingerprint density at radius 2 is 1.80 bits per heavy atom. The SMILES string of the molecule is Nc1cc(Br)c(S(=O)(=O)NC2CCS(=O)(=O)C2)c(Br)c1. The van der Waals surface area contributed by atoms with E-state index in [0.29, 0.717) is 14.6 Å². The van der Waals surface area contributed by atoms with Crippen LogP contribution in [-0.2, 0) is 19.9 Å². The van der Waals surface area contributed by atoms with E-state index in [2.05, 4.69) is 36.6 Å². The Labute approximate surface area is 134 Å². The third-order valence-electron chi connectivity index (χ3n) is 2.84. The van der Waals surface area contributed by atoms with Gasteiger partial charge in [-0.1, -0.05) is 0 Å². The minimum Gasteiger partial charge on any atom is -0.399 e. The van der Waals surface area contributed by atoms with Crippen LogP contribution < -0.4 is 10.5 Å². The molecule has 1 heterocycles. The second-order valence-corrected chi connectivity index (χ2v) is 10.1. The fraction of sp³-hybridized carbons (Fsp3) is 0.400. The molecule has 20 heavy (non-hydrogen) atoms. The van der Waals surface area contributed by atoms with Crippen molar-refractivity contribution in [2.24, 2.45) is 0 Å². The second kappa shape index (κ2) is 5.56. The lowest BCUT2D eigenvalue weighted by Crippen LogP contribution is -2.35. The highest BCUT2D eigenvalue weighted by molar-refractivity contribution is 9.11. The fourth-order valence-corrected chi connectivity index (χ4v) is 7.67. The third-order valence-corrected chi connectivity index (χ3v) is 8.01. The number of hydrogen-bond acceptors (Lipinski definition) is 5. The molecule has 112 valence electrons. The molecule has 1 atom stereocenters. The van der Waals surface area contributed by atoms with Crippen LogP contribution in [0.3, 0.4) is 0 Å². The maximum atomic E-state index is 12.3. The van der Waals surface area contributed by atoms with E-state index in [-0.39, 0.29) is 22.8 Å². The van der Waals surface area contributed by atoms with Crippen LogP contribution in [0.1, 0.15) is 6.42 Å². The number of sulfone groups is 1. The van der Waals surface area contributed by atoms with Crippen LogP contribution in [0, 0.1) is 0 Å². The van der Waals surface area contributed by atoms with E-state index < -0.39 is 25.9 Å². The standard InChI is InChI=1S/C10H12Br2N2O4S2/c11-8-3-6(13)4-9(12)10(8)20(17,18)14-7-1-2-19(15,16)5-7/h3-4,7,14H,1-2,5,13H2. The van der Waals surface area contributed by atoms with Crippen LogP contribution in [-0.4, -0.2) is 34.4 Å². The van der Waals surface area contributed by atoms with E-state index in [1.807, 2.05) is 0 Å². The van der Waals surface area contributed by atoms with Gasteiger partial charge >= 0.3 is 0 Å². The van der Waals surface area contributed by atoms with Gasteiger partial charge in [-0.15, -0.1) is 0 Å². The van der Waals surface area contributed by atoms with Crippen LogP contribution >= 0.6 is 31.9 Å². The van der Waals surface area contributed by atoms with E-state index in [9.17, 15) is 16.8 Å². The zero-order valence-corrected chi connectivity index (χ0v) is 14.9. The van der Waals surface area contributed by atoms with Gasteiger partial charge in [-0.3, -0.25) is 0 Å². The molecule has 0 spiro atoms. The molecule has 10 heteroatoms. The molecule has 1 fully saturated rings. The van der Waals surface area contributed by atoms with Crippen molar-refractivity contribution in [3.8, 4) is 0 Å². The predicted molar refractivity (Wildman–Crippen MR) is 83.6 cm³/mol. The topological polar surface area (TPSA) is 106 Å². The third kappa shape index (κ3) is 3.53. The summed E-state index contributed by atoms with van der Waals surface area (Å²) in [4.78, 5) is 0.0102. The van der Waals surface area contributed by atoms with E-state index >= 15 is 0 Å². The Kier molecular flexibility index (Phi) is 4.51. The van der Waals surface area contributed by atoms with E-state index in [1.165, 1.54) is 12.1 Å². The number of benzene rings is 1. The fourth-order valence-electron chi connectivity index (χ4n) is 2.00. The van der Waals surface area contributed by atoms with E-state index in [1.54, 1.807) is 0 Å². The molecule has 1 aliphatic rings. The molecule has 0 radical (unpaired) electrons. The molecule has 1 saturated heterocycles. The summed E-state index contributed by atoms with van der Waals surface area (Å²) in [5, 5.41) is 0. The van der Waals surface area contributed by atoms with Gasteiger partial charge in [-0.25, -0.2) is 21.6 Å². The zero-order chi connectivity index (χ0) is 15.1. The van der Waals surface area contributed by atoms with Crippen molar-refractivity contribution in [2.75, 3.05) is 17.2 Å². The minimum atomic E-state index is -3.84. The summed E-state index contributed by atoms with van der Waals surface area (Å²) in [6.45, 7) is 0. The Bertz CT molecular complexity index is 724. The zero-order valence-electron chi connectivity index (χ0n) is 10.1. The van der Waals surface area contributed by atoms with Crippen LogP contribution in [0.2, 0.25) is 0 Å². The van der Waals surface area contributed by atoms with Gasteiger partial charge in [0.25, 0.3) is 0 Å². The molecule has 0 aliphatic carbocycles. The van der Waals surface area contributed by atoms with Gasteiger partial charge in [-0.2, -0.15) is 0 Å². The van der Waals surface area contributed by atoms with Gasteiger partial charge in [0.05, 0.1) is 11.5 Å². The van der Waals surface area contributed by atoms with Crippen molar-refractivity contribution < 1.29 is 16.8 Å². The normalized spacial score (nSPS) is 22.0. The molecule has 3 N–H and O–H groups in total. The van der Waals surface area contributed by atoms with Crippen molar-refractivity contribution in [2.45, 2.75) is 17.4 Å². The highest BCUT2D eigenvalue weighted by atomic mass is 79.9. The summed E-state index contributed by atoms with van der Waals surface area (Å²) in [5.41, 5.74) is 6.02. The monoisotopic (exact) mass is 446 g/mol. The lowest BCUT2D eigenvalue weighted by molar-refractivity contribution is 0.561. The molecule has 0 aromatic heterocycles. The molecule has 6 nitrogen and oxygen atoms in total. The van der Waals surface area contributed by atoms with Gasteiger partial charge in [0.15, 0.2) is 9.84 Å². The summed E-state index contributed by atoms with van der Waals surface area (Å²) < 4.78 is 50.5. The molecule has 2 rings (SSSR count). The maximum Gasteiger partial charge on any atom is 0.243 e. The number of anilines is 1. The summed E-state index contributed by atoms with van der Waals surface area (Å²) >= 11 is 6.32. The summed E-state index contributed by atoms with van der Waals surface area (Å²) in [7, 11) is -6.98. The van der Waals surface area contributed by atoms with Crippen LogP contribution in [0.25, 0.3) is 0 Å². The van der Waals surface area contributed by atoms with Gasteiger partial charge in [-0.05, 0) is 50.4 Å². The first-order valence-electron chi connectivity index (χ1n) is 5.58. The number of nitrogens with one attached hydrogen (secondary N) is 1. The molecule has 1 unspecified atom stereocenters. The van der Waals surface area contributed by atoms with Crippen molar-refractivity contribution in [1.29, 1.82) is 0 Å². The molecule has 0 bridgehead atoms. The first-order chi connectivity index (χ1) is 9.11. The molecule has 1 aliphatic heterocycles. The summed E-state index contributed by atoms with van der Waals surface area (Å²) in [6, 6.07) is 2.36. The lowest BCUT2D eigenvalue weighted by atomic mass is 10.3. The number of rotatable bonds is 3. The Hall–Kier alpha value is -0.160. The second-order valence-electron chi connectivity index (χ2n) is 4.53. The van der Waals surface area contributed by atoms with Crippen LogP contribution in [0.15, 0.2) is 26.0 Å². The largest absolute Gasteiger partial charge is 0.399 e. The molecular formula is C10H12Br2N2O4S2. The number of nitrogens with two attached hydrogens (primary N) is 1.